The van der Waals surface area contributed by atoms with Crippen LogP contribution in [-0.2, 0) is 10.9 Å². The van der Waals surface area contributed by atoms with Crippen LogP contribution in [0.2, 0.25) is 0 Å². The SMILES string of the molecule is N#CC1(C(O)c2ccccc2C(F)(F)F)CCOC1. The first kappa shape index (κ1) is 13.8. The Balaban J connectivity index is 2.45. The monoisotopic (exact) mass is 271 g/mol. The van der Waals surface area contributed by atoms with Crippen LogP contribution in [0.5, 0.6) is 0 Å². The van der Waals surface area contributed by atoms with Crippen LogP contribution >= 0.6 is 0 Å². The molecule has 19 heavy (non-hydrogen) atoms. The van der Waals surface area contributed by atoms with Crippen LogP contribution < -0.4 is 0 Å². The standard InChI is InChI=1S/C13H12F3NO2/c14-13(15,16)10-4-2-1-3-9(10)11(18)12(7-17)5-6-19-8-12/h1-4,11,18H,5-6,8H2. The van der Waals surface area contributed by atoms with Crippen LogP contribution in [0.3, 0.4) is 0 Å². The van der Waals surface area contributed by atoms with Gasteiger partial charge >= 0.3 is 6.18 Å². The molecule has 0 spiro atoms. The van der Waals surface area contributed by atoms with Gasteiger partial charge in [0.1, 0.15) is 11.5 Å². The van der Waals surface area contributed by atoms with Gasteiger partial charge in [-0.2, -0.15) is 18.4 Å². The second kappa shape index (κ2) is 4.83. The lowest BCUT2D eigenvalue weighted by atomic mass is 9.78. The van der Waals surface area contributed by atoms with E-state index < -0.39 is 23.3 Å². The second-order valence-corrected chi connectivity index (χ2v) is 4.56. The first-order valence-corrected chi connectivity index (χ1v) is 5.74. The summed E-state index contributed by atoms with van der Waals surface area (Å²) in [6.07, 6.45) is -5.86. The zero-order valence-electron chi connectivity index (χ0n) is 9.94. The molecule has 0 bridgehead atoms. The van der Waals surface area contributed by atoms with E-state index in [2.05, 4.69) is 0 Å². The number of alkyl halides is 3. The van der Waals surface area contributed by atoms with Gasteiger partial charge in [0.05, 0.1) is 18.2 Å². The van der Waals surface area contributed by atoms with Gasteiger partial charge in [0.25, 0.3) is 0 Å². The molecular weight excluding hydrogens is 259 g/mol. The Morgan fingerprint density at radius 3 is 2.58 bits per heavy atom. The molecule has 6 heteroatoms. The molecule has 1 N–H and O–H groups in total. The molecule has 1 aliphatic rings. The Hall–Kier alpha value is -1.58. The number of aliphatic hydroxyl groups is 1. The quantitative estimate of drug-likeness (QED) is 0.899. The van der Waals surface area contributed by atoms with E-state index in [-0.39, 0.29) is 25.2 Å². The second-order valence-electron chi connectivity index (χ2n) is 4.56. The number of hydrogen-bond donors (Lipinski definition) is 1. The van der Waals surface area contributed by atoms with Crippen LogP contribution in [0, 0.1) is 16.7 Å². The van der Waals surface area contributed by atoms with Gasteiger partial charge in [-0.25, -0.2) is 0 Å². The van der Waals surface area contributed by atoms with Crippen molar-refractivity contribution in [3.63, 3.8) is 0 Å². The summed E-state index contributed by atoms with van der Waals surface area (Å²) in [6, 6.07) is 6.68. The molecule has 1 heterocycles. The third-order valence-electron chi connectivity index (χ3n) is 3.36. The van der Waals surface area contributed by atoms with Crippen LogP contribution in [0.25, 0.3) is 0 Å². The van der Waals surface area contributed by atoms with E-state index in [1.165, 1.54) is 18.2 Å². The smallest absolute Gasteiger partial charge is 0.387 e. The molecule has 1 fully saturated rings. The summed E-state index contributed by atoms with van der Waals surface area (Å²) in [5, 5.41) is 19.4. The Kier molecular flexibility index (Phi) is 3.52. The van der Waals surface area contributed by atoms with E-state index in [4.69, 9.17) is 4.74 Å². The van der Waals surface area contributed by atoms with Crippen molar-refractivity contribution in [2.75, 3.05) is 13.2 Å². The molecule has 2 rings (SSSR count). The van der Waals surface area contributed by atoms with E-state index in [1.807, 2.05) is 6.07 Å². The minimum atomic E-state index is -4.56. The molecule has 1 aliphatic heterocycles. The first-order valence-electron chi connectivity index (χ1n) is 5.74. The Morgan fingerprint density at radius 2 is 2.05 bits per heavy atom. The normalized spacial score (nSPS) is 25.0. The maximum atomic E-state index is 12.9. The Morgan fingerprint density at radius 1 is 1.37 bits per heavy atom. The highest BCUT2D eigenvalue weighted by Gasteiger charge is 2.46. The average molecular weight is 271 g/mol. The fourth-order valence-corrected chi connectivity index (χ4v) is 2.24. The molecule has 0 aromatic heterocycles. The fourth-order valence-electron chi connectivity index (χ4n) is 2.24. The summed E-state index contributed by atoms with van der Waals surface area (Å²) >= 11 is 0. The van der Waals surface area contributed by atoms with E-state index in [0.29, 0.717) is 0 Å². The van der Waals surface area contributed by atoms with Gasteiger partial charge in [-0.3, -0.25) is 0 Å². The zero-order valence-corrected chi connectivity index (χ0v) is 9.94. The average Bonchev–Trinajstić information content (AvgIpc) is 2.87. The minimum absolute atomic E-state index is 0.0587. The summed E-state index contributed by atoms with van der Waals surface area (Å²) in [6.45, 7) is 0.204. The lowest BCUT2D eigenvalue weighted by molar-refractivity contribution is -0.139. The van der Waals surface area contributed by atoms with E-state index >= 15 is 0 Å². The molecule has 1 aromatic carbocycles. The van der Waals surface area contributed by atoms with Crippen molar-refractivity contribution in [2.24, 2.45) is 5.41 Å². The maximum absolute atomic E-state index is 12.9. The molecule has 0 amide bonds. The number of nitrogens with zero attached hydrogens (tertiary/aromatic N) is 1. The molecule has 0 radical (unpaired) electrons. The summed E-state index contributed by atoms with van der Waals surface area (Å²) in [4.78, 5) is 0. The lowest BCUT2D eigenvalue weighted by Gasteiger charge is -2.27. The predicted octanol–water partition coefficient (Wildman–Crippen LogP) is 2.67. The summed E-state index contributed by atoms with van der Waals surface area (Å²) in [5.74, 6) is 0. The molecule has 2 unspecified atom stereocenters. The van der Waals surface area contributed by atoms with Crippen LogP contribution in [0.4, 0.5) is 13.2 Å². The van der Waals surface area contributed by atoms with Crippen molar-refractivity contribution < 1.29 is 23.0 Å². The first-order chi connectivity index (χ1) is 8.91. The third kappa shape index (κ3) is 2.44. The van der Waals surface area contributed by atoms with Gasteiger partial charge < -0.3 is 9.84 Å². The van der Waals surface area contributed by atoms with Crippen molar-refractivity contribution >= 4 is 0 Å². The molecular formula is C13H12F3NO2. The van der Waals surface area contributed by atoms with E-state index in [9.17, 15) is 23.5 Å². The maximum Gasteiger partial charge on any atom is 0.416 e. The predicted molar refractivity (Wildman–Crippen MR) is 59.9 cm³/mol. The number of halogens is 3. The Labute approximate surface area is 108 Å². The lowest BCUT2D eigenvalue weighted by Crippen LogP contribution is -2.29. The highest BCUT2D eigenvalue weighted by Crippen LogP contribution is 2.44. The number of hydrogen-bond acceptors (Lipinski definition) is 3. The van der Waals surface area contributed by atoms with E-state index in [0.717, 1.165) is 6.07 Å². The summed E-state index contributed by atoms with van der Waals surface area (Å²) in [5.41, 5.74) is -2.49. The highest BCUT2D eigenvalue weighted by molar-refractivity contribution is 5.34. The van der Waals surface area contributed by atoms with Crippen molar-refractivity contribution in [3.8, 4) is 6.07 Å². The topological polar surface area (TPSA) is 53.2 Å². The van der Waals surface area contributed by atoms with Crippen LogP contribution in [0.1, 0.15) is 23.7 Å². The van der Waals surface area contributed by atoms with Crippen molar-refractivity contribution in [1.82, 2.24) is 0 Å². The van der Waals surface area contributed by atoms with Gasteiger partial charge in [-0.15, -0.1) is 0 Å². The molecule has 2 atom stereocenters. The molecule has 0 saturated carbocycles. The number of aliphatic hydroxyl groups excluding tert-OH is 1. The molecule has 3 nitrogen and oxygen atoms in total. The molecule has 1 saturated heterocycles. The van der Waals surface area contributed by atoms with Gasteiger partial charge in [0.15, 0.2) is 0 Å². The molecule has 1 aromatic rings. The Bertz CT molecular complexity index is 501. The zero-order chi connectivity index (χ0) is 14.1. The van der Waals surface area contributed by atoms with Gasteiger partial charge in [-0.05, 0) is 18.1 Å². The van der Waals surface area contributed by atoms with Gasteiger partial charge in [-0.1, -0.05) is 18.2 Å². The van der Waals surface area contributed by atoms with E-state index in [1.54, 1.807) is 0 Å². The van der Waals surface area contributed by atoms with Gasteiger partial charge in [0.2, 0.25) is 0 Å². The minimum Gasteiger partial charge on any atom is -0.387 e. The third-order valence-corrected chi connectivity index (χ3v) is 3.36. The number of benzene rings is 1. The molecule has 102 valence electrons. The molecule has 0 aliphatic carbocycles. The van der Waals surface area contributed by atoms with Crippen molar-refractivity contribution in [1.29, 1.82) is 5.26 Å². The van der Waals surface area contributed by atoms with Crippen molar-refractivity contribution in [2.45, 2.75) is 18.7 Å². The number of ether oxygens (including phenoxy) is 1. The fraction of sp³-hybridized carbons (Fsp3) is 0.462. The largest absolute Gasteiger partial charge is 0.416 e. The van der Waals surface area contributed by atoms with Gasteiger partial charge in [0, 0.05) is 6.61 Å². The number of rotatable bonds is 2. The van der Waals surface area contributed by atoms with Crippen molar-refractivity contribution in [3.05, 3.63) is 35.4 Å². The number of nitriles is 1. The highest BCUT2D eigenvalue weighted by atomic mass is 19.4. The van der Waals surface area contributed by atoms with Crippen LogP contribution in [-0.4, -0.2) is 18.3 Å². The van der Waals surface area contributed by atoms with Crippen LogP contribution in [0.15, 0.2) is 24.3 Å². The summed E-state index contributed by atoms with van der Waals surface area (Å²) < 4.78 is 43.8. The summed E-state index contributed by atoms with van der Waals surface area (Å²) in [7, 11) is 0.